The second-order valence-electron chi connectivity index (χ2n) is 7.11. The van der Waals surface area contributed by atoms with Crippen molar-refractivity contribution in [2.75, 3.05) is 19.3 Å². The molecule has 3 rings (SSSR count). The lowest BCUT2D eigenvalue weighted by molar-refractivity contribution is -0.125. The monoisotopic (exact) mass is 401 g/mol. The molecule has 2 fully saturated rings. The summed E-state index contributed by atoms with van der Waals surface area (Å²) in [5, 5.41) is 5.42. The number of amides is 2. The van der Waals surface area contributed by atoms with Gasteiger partial charge in [0.2, 0.25) is 21.8 Å². The Morgan fingerprint density at radius 2 is 2.07 bits per heavy atom. The van der Waals surface area contributed by atoms with Gasteiger partial charge in [-0.25, -0.2) is 17.2 Å². The summed E-state index contributed by atoms with van der Waals surface area (Å²) in [6, 6.07) is 2.87. The Kier molecular flexibility index (Phi) is 5.48. The van der Waals surface area contributed by atoms with Crippen LogP contribution in [0, 0.1) is 23.5 Å². The molecule has 1 aromatic carbocycles. The highest BCUT2D eigenvalue weighted by molar-refractivity contribution is 7.88. The molecule has 2 amide bonds. The van der Waals surface area contributed by atoms with Gasteiger partial charge in [0.05, 0.1) is 12.8 Å². The van der Waals surface area contributed by atoms with Gasteiger partial charge < -0.3 is 10.6 Å². The zero-order valence-corrected chi connectivity index (χ0v) is 15.6. The first-order valence-corrected chi connectivity index (χ1v) is 10.4. The molecule has 27 heavy (non-hydrogen) atoms. The second kappa shape index (κ2) is 7.51. The molecule has 1 aromatic rings. The highest BCUT2D eigenvalue weighted by Crippen LogP contribution is 2.34. The average Bonchev–Trinajstić information content (AvgIpc) is 2.87. The van der Waals surface area contributed by atoms with Gasteiger partial charge >= 0.3 is 0 Å². The maximum atomic E-state index is 13.7. The molecule has 0 bridgehead atoms. The smallest absolute Gasteiger partial charge is 0.235 e. The van der Waals surface area contributed by atoms with Crippen LogP contribution >= 0.6 is 0 Å². The van der Waals surface area contributed by atoms with E-state index in [1.54, 1.807) is 0 Å². The highest BCUT2D eigenvalue weighted by Gasteiger charge is 2.42. The molecular weight excluding hydrogens is 380 g/mol. The van der Waals surface area contributed by atoms with Crippen molar-refractivity contribution >= 4 is 21.8 Å². The van der Waals surface area contributed by atoms with E-state index in [1.807, 2.05) is 0 Å². The van der Waals surface area contributed by atoms with Gasteiger partial charge in [-0.15, -0.1) is 0 Å². The first kappa shape index (κ1) is 19.7. The summed E-state index contributed by atoms with van der Waals surface area (Å²) in [5.41, 5.74) is 0.175. The minimum Gasteiger partial charge on any atom is -0.352 e. The van der Waals surface area contributed by atoms with Crippen molar-refractivity contribution in [1.29, 1.82) is 0 Å². The quantitative estimate of drug-likeness (QED) is 0.762. The first-order valence-electron chi connectivity index (χ1n) is 8.59. The molecule has 0 spiro atoms. The number of halogens is 2. The molecule has 1 aliphatic carbocycles. The van der Waals surface area contributed by atoms with Gasteiger partial charge in [0.1, 0.15) is 11.6 Å². The zero-order chi connectivity index (χ0) is 19.8. The average molecular weight is 401 g/mol. The number of hydrogen-bond acceptors (Lipinski definition) is 4. The lowest BCUT2D eigenvalue weighted by Gasteiger charge is -2.20. The number of sulfonamides is 1. The summed E-state index contributed by atoms with van der Waals surface area (Å²) in [5.74, 6) is -2.69. The molecule has 2 N–H and O–H groups in total. The Bertz CT molecular complexity index is 862. The number of nitrogens with one attached hydrogen (secondary N) is 2. The van der Waals surface area contributed by atoms with E-state index in [4.69, 9.17) is 0 Å². The van der Waals surface area contributed by atoms with Gasteiger partial charge in [0.15, 0.2) is 0 Å². The first-order chi connectivity index (χ1) is 12.6. The van der Waals surface area contributed by atoms with Gasteiger partial charge in [-0.1, -0.05) is 6.07 Å². The molecule has 7 nitrogen and oxygen atoms in total. The lowest BCUT2D eigenvalue weighted by Crippen LogP contribution is -2.39. The molecule has 0 unspecified atom stereocenters. The van der Waals surface area contributed by atoms with Crippen molar-refractivity contribution in [3.63, 3.8) is 0 Å². The van der Waals surface area contributed by atoms with Crippen LogP contribution in [0.4, 0.5) is 8.78 Å². The summed E-state index contributed by atoms with van der Waals surface area (Å²) < 4.78 is 51.3. The summed E-state index contributed by atoms with van der Waals surface area (Å²) in [7, 11) is -3.51. The van der Waals surface area contributed by atoms with E-state index in [2.05, 4.69) is 10.6 Å². The predicted octanol–water partition coefficient (Wildman–Crippen LogP) is 0.367. The van der Waals surface area contributed by atoms with Crippen LogP contribution in [0.15, 0.2) is 18.2 Å². The minimum atomic E-state index is -3.51. The molecule has 0 aromatic heterocycles. The minimum absolute atomic E-state index is 0.0708. The molecule has 10 heteroatoms. The number of fused-ring (bicyclic) bond motifs is 1. The van der Waals surface area contributed by atoms with Gasteiger partial charge in [0, 0.05) is 36.7 Å². The summed E-state index contributed by atoms with van der Waals surface area (Å²) in [6.07, 6.45) is 1.87. The van der Waals surface area contributed by atoms with Crippen molar-refractivity contribution in [2.24, 2.45) is 11.8 Å². The molecular formula is C17H21F2N3O4S. The predicted molar refractivity (Wildman–Crippen MR) is 92.8 cm³/mol. The normalized spacial score (nSPS) is 26.2. The van der Waals surface area contributed by atoms with Crippen molar-refractivity contribution in [1.82, 2.24) is 14.9 Å². The van der Waals surface area contributed by atoms with E-state index >= 15 is 0 Å². The molecule has 2 aliphatic rings. The molecule has 1 saturated heterocycles. The molecule has 1 saturated carbocycles. The van der Waals surface area contributed by atoms with E-state index in [9.17, 15) is 26.8 Å². The van der Waals surface area contributed by atoms with E-state index < -0.39 is 27.6 Å². The Labute approximate surface area is 156 Å². The lowest BCUT2D eigenvalue weighted by atomic mass is 10.0. The van der Waals surface area contributed by atoms with Crippen LogP contribution in [0.1, 0.15) is 18.4 Å². The van der Waals surface area contributed by atoms with Crippen LogP contribution in [0.3, 0.4) is 0 Å². The Morgan fingerprint density at radius 1 is 1.33 bits per heavy atom. The van der Waals surface area contributed by atoms with Crippen LogP contribution in [-0.4, -0.2) is 49.9 Å². The van der Waals surface area contributed by atoms with Crippen LogP contribution < -0.4 is 10.6 Å². The molecule has 3 atom stereocenters. The zero-order valence-electron chi connectivity index (χ0n) is 14.7. The summed E-state index contributed by atoms with van der Waals surface area (Å²) >= 11 is 0. The largest absolute Gasteiger partial charge is 0.352 e. The van der Waals surface area contributed by atoms with Crippen molar-refractivity contribution in [3.8, 4) is 0 Å². The van der Waals surface area contributed by atoms with E-state index in [-0.39, 0.29) is 49.0 Å². The van der Waals surface area contributed by atoms with E-state index in [0.29, 0.717) is 12.8 Å². The fraction of sp³-hybridized carbons (Fsp3) is 0.529. The van der Waals surface area contributed by atoms with Crippen LogP contribution in [0.5, 0.6) is 0 Å². The van der Waals surface area contributed by atoms with Gasteiger partial charge in [-0.05, 0) is 24.8 Å². The molecule has 1 heterocycles. The van der Waals surface area contributed by atoms with Crippen molar-refractivity contribution < 1.29 is 26.8 Å². The van der Waals surface area contributed by atoms with Crippen molar-refractivity contribution in [3.05, 3.63) is 35.4 Å². The Morgan fingerprint density at radius 3 is 2.74 bits per heavy atom. The number of benzene rings is 1. The maximum absolute atomic E-state index is 13.7. The van der Waals surface area contributed by atoms with E-state index in [0.717, 1.165) is 22.7 Å². The number of carbonyl (C=O) groups excluding carboxylic acids is 2. The van der Waals surface area contributed by atoms with Gasteiger partial charge in [-0.2, -0.15) is 4.31 Å². The Hall–Kier alpha value is -2.07. The molecule has 0 radical (unpaired) electrons. The Balaban J connectivity index is 1.62. The van der Waals surface area contributed by atoms with Crippen LogP contribution in [0.2, 0.25) is 0 Å². The third-order valence-corrected chi connectivity index (χ3v) is 6.32. The number of hydrogen-bond donors (Lipinski definition) is 2. The second-order valence-corrected chi connectivity index (χ2v) is 9.09. The van der Waals surface area contributed by atoms with Gasteiger partial charge in [-0.3, -0.25) is 9.59 Å². The number of carbonyl (C=O) groups is 2. The van der Waals surface area contributed by atoms with Crippen LogP contribution in [-0.2, 0) is 26.2 Å². The van der Waals surface area contributed by atoms with Crippen LogP contribution in [0.25, 0.3) is 0 Å². The summed E-state index contributed by atoms with van der Waals surface area (Å²) in [4.78, 5) is 24.4. The fourth-order valence-electron chi connectivity index (χ4n) is 3.70. The molecule has 1 aliphatic heterocycles. The fourth-order valence-corrected chi connectivity index (χ4v) is 4.51. The third-order valence-electron chi connectivity index (χ3n) is 5.11. The van der Waals surface area contributed by atoms with Crippen molar-refractivity contribution in [2.45, 2.75) is 25.4 Å². The third kappa shape index (κ3) is 4.62. The number of nitrogens with zero attached hydrogens (tertiary/aromatic N) is 1. The molecule has 148 valence electrons. The topological polar surface area (TPSA) is 95.6 Å². The van der Waals surface area contributed by atoms with Gasteiger partial charge in [0.25, 0.3) is 0 Å². The standard InChI is InChI=1S/C17H21F2N3O4S/c1-27(25,26)22-8-12-4-11(5-15(12)21-16(23)9-22)17(24)20-7-10-2-3-13(18)6-14(10)19/h2-3,6,11-12,15H,4-5,7-9H2,1H3,(H,20,24)(H,21,23)/t11-,12+,15+/m0/s1. The SMILES string of the molecule is CS(=O)(=O)N1CC(=O)N[C@@H]2C[C@@H](C(=O)NCc3ccc(F)cc3F)C[C@@H]2C1. The highest BCUT2D eigenvalue weighted by atomic mass is 32.2. The van der Waals surface area contributed by atoms with E-state index in [1.165, 1.54) is 6.07 Å². The maximum Gasteiger partial charge on any atom is 0.235 e. The summed E-state index contributed by atoms with van der Waals surface area (Å²) in [6.45, 7) is -0.107. The number of rotatable bonds is 4.